The zero-order valence-electron chi connectivity index (χ0n) is 10.4. The molecular weight excluding hydrogens is 254 g/mol. The van der Waals surface area contributed by atoms with Gasteiger partial charge in [0.25, 0.3) is 0 Å². The third kappa shape index (κ3) is 3.30. The Hall–Kier alpha value is -1.40. The summed E-state index contributed by atoms with van der Waals surface area (Å²) in [5, 5.41) is 8.87. The van der Waals surface area contributed by atoms with E-state index in [1.54, 1.807) is 19.1 Å². The Labute approximate surface area is 107 Å². The standard InChI is InChI=1S/C12H17NO4S/c1-12(8-13,7-11(14)15)9-3-5-10(6-4-9)18(2,16)17/h3-6H,7-8,13H2,1-2H3,(H,14,15). The summed E-state index contributed by atoms with van der Waals surface area (Å²) in [4.78, 5) is 11.0. The lowest BCUT2D eigenvalue weighted by Crippen LogP contribution is -2.34. The van der Waals surface area contributed by atoms with E-state index < -0.39 is 21.2 Å². The molecule has 0 radical (unpaired) electrons. The van der Waals surface area contributed by atoms with Gasteiger partial charge in [-0.1, -0.05) is 19.1 Å². The maximum absolute atomic E-state index is 11.3. The van der Waals surface area contributed by atoms with Crippen molar-refractivity contribution in [2.75, 3.05) is 12.8 Å². The number of rotatable bonds is 5. The summed E-state index contributed by atoms with van der Waals surface area (Å²) in [6.45, 7) is 1.92. The third-order valence-corrected chi connectivity index (χ3v) is 4.10. The molecule has 0 saturated heterocycles. The molecular formula is C12H17NO4S. The molecule has 100 valence electrons. The Morgan fingerprint density at radius 3 is 2.17 bits per heavy atom. The van der Waals surface area contributed by atoms with Gasteiger partial charge >= 0.3 is 5.97 Å². The Morgan fingerprint density at radius 1 is 1.33 bits per heavy atom. The van der Waals surface area contributed by atoms with E-state index in [1.165, 1.54) is 12.1 Å². The molecule has 18 heavy (non-hydrogen) atoms. The van der Waals surface area contributed by atoms with Gasteiger partial charge in [-0.15, -0.1) is 0 Å². The van der Waals surface area contributed by atoms with Crippen LogP contribution in [-0.4, -0.2) is 32.3 Å². The topological polar surface area (TPSA) is 97.5 Å². The van der Waals surface area contributed by atoms with Gasteiger partial charge in [-0.3, -0.25) is 4.79 Å². The highest BCUT2D eigenvalue weighted by molar-refractivity contribution is 7.90. The van der Waals surface area contributed by atoms with Crippen molar-refractivity contribution in [1.82, 2.24) is 0 Å². The van der Waals surface area contributed by atoms with Crippen molar-refractivity contribution in [3.05, 3.63) is 29.8 Å². The van der Waals surface area contributed by atoms with Crippen LogP contribution in [0.5, 0.6) is 0 Å². The second-order valence-corrected chi connectivity index (χ2v) is 6.65. The summed E-state index contributed by atoms with van der Waals surface area (Å²) in [6.07, 6.45) is 1.03. The highest BCUT2D eigenvalue weighted by Gasteiger charge is 2.28. The molecule has 0 saturated carbocycles. The number of carboxylic acids is 1. The molecule has 1 unspecified atom stereocenters. The number of benzene rings is 1. The van der Waals surface area contributed by atoms with Gasteiger partial charge in [-0.25, -0.2) is 8.42 Å². The van der Waals surface area contributed by atoms with E-state index in [4.69, 9.17) is 10.8 Å². The zero-order chi connectivity index (χ0) is 14.0. The molecule has 1 aromatic rings. The number of carbonyl (C=O) groups is 1. The minimum Gasteiger partial charge on any atom is -0.481 e. The van der Waals surface area contributed by atoms with E-state index in [9.17, 15) is 13.2 Å². The van der Waals surface area contributed by atoms with Crippen LogP contribution in [0.15, 0.2) is 29.2 Å². The van der Waals surface area contributed by atoms with Crippen LogP contribution < -0.4 is 5.73 Å². The normalized spacial score (nSPS) is 15.1. The van der Waals surface area contributed by atoms with E-state index in [0.29, 0.717) is 0 Å². The Bertz CT molecular complexity index is 536. The number of sulfone groups is 1. The fourth-order valence-corrected chi connectivity index (χ4v) is 2.36. The predicted molar refractivity (Wildman–Crippen MR) is 68.2 cm³/mol. The molecule has 5 nitrogen and oxygen atoms in total. The van der Waals surface area contributed by atoms with Crippen molar-refractivity contribution in [3.8, 4) is 0 Å². The summed E-state index contributed by atoms with van der Waals surface area (Å²) in [6, 6.07) is 6.18. The van der Waals surface area contributed by atoms with E-state index in [0.717, 1.165) is 11.8 Å². The molecule has 0 amide bonds. The van der Waals surface area contributed by atoms with Crippen LogP contribution in [0.3, 0.4) is 0 Å². The molecule has 6 heteroatoms. The molecule has 0 bridgehead atoms. The number of nitrogens with two attached hydrogens (primary N) is 1. The first-order valence-electron chi connectivity index (χ1n) is 5.41. The molecule has 1 atom stereocenters. The minimum absolute atomic E-state index is 0.0955. The fraction of sp³-hybridized carbons (Fsp3) is 0.417. The second-order valence-electron chi connectivity index (χ2n) is 4.63. The Morgan fingerprint density at radius 2 is 1.83 bits per heavy atom. The Balaban J connectivity index is 3.13. The van der Waals surface area contributed by atoms with E-state index in [-0.39, 0.29) is 17.9 Å². The van der Waals surface area contributed by atoms with E-state index in [1.807, 2.05) is 0 Å². The molecule has 0 spiro atoms. The fourth-order valence-electron chi connectivity index (χ4n) is 1.73. The summed E-state index contributed by atoms with van der Waals surface area (Å²) >= 11 is 0. The summed E-state index contributed by atoms with van der Waals surface area (Å²) in [5.41, 5.74) is 5.66. The maximum Gasteiger partial charge on any atom is 0.304 e. The quantitative estimate of drug-likeness (QED) is 0.824. The molecule has 0 aliphatic rings. The van der Waals surface area contributed by atoms with Crippen molar-refractivity contribution in [2.45, 2.75) is 23.7 Å². The molecule has 1 aromatic carbocycles. The summed E-state index contributed by atoms with van der Waals surface area (Å²) in [7, 11) is -3.24. The molecule has 0 heterocycles. The van der Waals surface area contributed by atoms with Gasteiger partial charge in [-0.2, -0.15) is 0 Å². The van der Waals surface area contributed by atoms with Gasteiger partial charge in [0.15, 0.2) is 9.84 Å². The predicted octanol–water partition coefficient (Wildman–Crippen LogP) is 0.781. The van der Waals surface area contributed by atoms with Crippen molar-refractivity contribution in [3.63, 3.8) is 0 Å². The van der Waals surface area contributed by atoms with Gasteiger partial charge in [0.05, 0.1) is 11.3 Å². The first-order chi connectivity index (χ1) is 8.19. The zero-order valence-corrected chi connectivity index (χ0v) is 11.2. The van der Waals surface area contributed by atoms with Crippen molar-refractivity contribution < 1.29 is 18.3 Å². The molecule has 0 aliphatic carbocycles. The largest absolute Gasteiger partial charge is 0.481 e. The highest BCUT2D eigenvalue weighted by atomic mass is 32.2. The first-order valence-corrected chi connectivity index (χ1v) is 7.31. The van der Waals surface area contributed by atoms with Gasteiger partial charge in [0.2, 0.25) is 0 Å². The number of hydrogen-bond acceptors (Lipinski definition) is 4. The number of carboxylic acid groups (broad SMARTS) is 1. The number of hydrogen-bond donors (Lipinski definition) is 2. The van der Waals surface area contributed by atoms with Crippen LogP contribution in [0.2, 0.25) is 0 Å². The van der Waals surface area contributed by atoms with E-state index in [2.05, 4.69) is 0 Å². The van der Waals surface area contributed by atoms with Crippen molar-refractivity contribution in [1.29, 1.82) is 0 Å². The maximum atomic E-state index is 11.3. The van der Waals surface area contributed by atoms with Crippen LogP contribution in [0.4, 0.5) is 0 Å². The van der Waals surface area contributed by atoms with Gasteiger partial charge in [0, 0.05) is 18.2 Å². The Kier molecular flexibility index (Phi) is 4.13. The molecule has 1 rings (SSSR count). The highest BCUT2D eigenvalue weighted by Crippen LogP contribution is 2.27. The van der Waals surface area contributed by atoms with Gasteiger partial charge < -0.3 is 10.8 Å². The van der Waals surface area contributed by atoms with Crippen LogP contribution in [0, 0.1) is 0 Å². The summed E-state index contributed by atoms with van der Waals surface area (Å²) in [5.74, 6) is -0.935. The van der Waals surface area contributed by atoms with Crippen LogP contribution in [0.25, 0.3) is 0 Å². The van der Waals surface area contributed by atoms with Crippen LogP contribution in [0.1, 0.15) is 18.9 Å². The second kappa shape index (κ2) is 5.07. The first kappa shape index (κ1) is 14.7. The van der Waals surface area contributed by atoms with Gasteiger partial charge in [-0.05, 0) is 17.7 Å². The van der Waals surface area contributed by atoms with Crippen LogP contribution >= 0.6 is 0 Å². The molecule has 0 aliphatic heterocycles. The monoisotopic (exact) mass is 271 g/mol. The van der Waals surface area contributed by atoms with Crippen LogP contribution in [-0.2, 0) is 20.0 Å². The van der Waals surface area contributed by atoms with Gasteiger partial charge in [0.1, 0.15) is 0 Å². The third-order valence-electron chi connectivity index (χ3n) is 2.97. The average molecular weight is 271 g/mol. The minimum atomic E-state index is -3.24. The van der Waals surface area contributed by atoms with Crippen molar-refractivity contribution >= 4 is 15.8 Å². The molecule has 0 fully saturated rings. The molecule has 3 N–H and O–H groups in total. The van der Waals surface area contributed by atoms with Crippen molar-refractivity contribution in [2.24, 2.45) is 5.73 Å². The van der Waals surface area contributed by atoms with E-state index >= 15 is 0 Å². The summed E-state index contributed by atoms with van der Waals surface area (Å²) < 4.78 is 22.6. The number of aliphatic carboxylic acids is 1. The lowest BCUT2D eigenvalue weighted by Gasteiger charge is -2.26. The molecule has 0 aromatic heterocycles. The average Bonchev–Trinajstić information content (AvgIpc) is 2.27. The lowest BCUT2D eigenvalue weighted by molar-refractivity contribution is -0.138. The lowest BCUT2D eigenvalue weighted by atomic mass is 9.80. The smallest absolute Gasteiger partial charge is 0.304 e. The SMILES string of the molecule is CC(CN)(CC(=O)O)c1ccc(S(C)(=O)=O)cc1.